The normalized spacial score (nSPS) is 12.8. The minimum atomic E-state index is -4.99. The van der Waals surface area contributed by atoms with E-state index in [2.05, 4.69) is 4.98 Å². The molecule has 1 atom stereocenters. The number of halogens is 3. The number of benzene rings is 3. The fraction of sp³-hybridized carbons (Fsp3) is 0.148. The number of carbonyl (C=O) groups is 1. The van der Waals surface area contributed by atoms with Crippen molar-refractivity contribution in [3.63, 3.8) is 0 Å². The highest BCUT2D eigenvalue weighted by Crippen LogP contribution is 2.45. The summed E-state index contributed by atoms with van der Waals surface area (Å²) in [6.45, 7) is 1.79. The van der Waals surface area contributed by atoms with Crippen LogP contribution in [-0.4, -0.2) is 26.5 Å². The molecule has 1 N–H and O–H groups in total. The molecule has 0 spiro atoms. The second-order valence-electron chi connectivity index (χ2n) is 8.17. The number of aromatic amines is 1. The van der Waals surface area contributed by atoms with E-state index in [1.807, 2.05) is 0 Å². The Bertz CT molecular complexity index is 1480. The SMILES string of the molecule is COC(=O)c1c(C(F)(F)F)[nH]c(C(c2ccccc2)S(=O)(=O)c2ccc(C)cc2)c1-c1ccccc1. The highest BCUT2D eigenvalue weighted by atomic mass is 32.2. The smallest absolute Gasteiger partial charge is 0.432 e. The molecule has 0 amide bonds. The lowest BCUT2D eigenvalue weighted by Crippen LogP contribution is -2.17. The van der Waals surface area contributed by atoms with Gasteiger partial charge in [-0.3, -0.25) is 0 Å². The van der Waals surface area contributed by atoms with Gasteiger partial charge in [-0.1, -0.05) is 78.4 Å². The fourth-order valence-electron chi connectivity index (χ4n) is 4.13. The van der Waals surface area contributed by atoms with E-state index >= 15 is 0 Å². The van der Waals surface area contributed by atoms with E-state index in [1.54, 1.807) is 55.5 Å². The molecule has 0 fully saturated rings. The van der Waals surface area contributed by atoms with Crippen molar-refractivity contribution < 1.29 is 31.1 Å². The van der Waals surface area contributed by atoms with Gasteiger partial charge in [-0.15, -0.1) is 0 Å². The summed E-state index contributed by atoms with van der Waals surface area (Å²) >= 11 is 0. The molecule has 0 saturated heterocycles. The summed E-state index contributed by atoms with van der Waals surface area (Å²) in [4.78, 5) is 14.9. The molecule has 0 radical (unpaired) electrons. The summed E-state index contributed by atoms with van der Waals surface area (Å²) in [6.07, 6.45) is -4.99. The molecule has 1 heterocycles. The maximum absolute atomic E-state index is 14.2. The van der Waals surface area contributed by atoms with Crippen LogP contribution < -0.4 is 0 Å². The van der Waals surface area contributed by atoms with Crippen LogP contribution in [0.1, 0.15) is 38.1 Å². The van der Waals surface area contributed by atoms with Crippen LogP contribution in [0.2, 0.25) is 0 Å². The van der Waals surface area contributed by atoms with Crippen LogP contribution in [0, 0.1) is 6.92 Å². The van der Waals surface area contributed by atoms with Crippen molar-refractivity contribution in [2.24, 2.45) is 0 Å². The predicted octanol–water partition coefficient (Wildman–Crippen LogP) is 6.36. The van der Waals surface area contributed by atoms with Crippen LogP contribution in [0.25, 0.3) is 11.1 Å². The molecule has 0 bridgehead atoms. The predicted molar refractivity (Wildman–Crippen MR) is 129 cm³/mol. The molecule has 4 rings (SSSR count). The summed E-state index contributed by atoms with van der Waals surface area (Å²) in [5, 5.41) is -1.57. The molecule has 1 aromatic heterocycles. The zero-order valence-corrected chi connectivity index (χ0v) is 20.2. The molecule has 1 unspecified atom stereocenters. The lowest BCUT2D eigenvalue weighted by molar-refractivity contribution is -0.141. The molecule has 0 aliphatic carbocycles. The first-order valence-corrected chi connectivity index (χ1v) is 12.4. The van der Waals surface area contributed by atoms with Crippen molar-refractivity contribution in [1.82, 2.24) is 4.98 Å². The largest absolute Gasteiger partial charge is 0.465 e. The number of methoxy groups -OCH3 is 1. The van der Waals surface area contributed by atoms with Crippen LogP contribution in [-0.2, 0) is 20.8 Å². The van der Waals surface area contributed by atoms with E-state index in [-0.39, 0.29) is 27.3 Å². The number of alkyl halides is 3. The van der Waals surface area contributed by atoms with Gasteiger partial charge in [-0.2, -0.15) is 13.2 Å². The second kappa shape index (κ2) is 9.66. The Morgan fingerprint density at radius 1 is 0.889 bits per heavy atom. The summed E-state index contributed by atoms with van der Waals surface area (Å²) in [5.41, 5.74) is -1.31. The number of hydrogen-bond acceptors (Lipinski definition) is 4. The van der Waals surface area contributed by atoms with Gasteiger partial charge in [0.05, 0.1) is 17.6 Å². The third-order valence-electron chi connectivity index (χ3n) is 5.79. The highest BCUT2D eigenvalue weighted by molar-refractivity contribution is 7.92. The molecular formula is C27H22F3NO4S. The van der Waals surface area contributed by atoms with Gasteiger partial charge in [-0.25, -0.2) is 13.2 Å². The van der Waals surface area contributed by atoms with Gasteiger partial charge in [0, 0.05) is 11.3 Å². The molecule has 0 saturated carbocycles. The molecule has 186 valence electrons. The number of H-pyrrole nitrogens is 1. The van der Waals surface area contributed by atoms with Gasteiger partial charge in [0.25, 0.3) is 0 Å². The van der Waals surface area contributed by atoms with Gasteiger partial charge in [0.15, 0.2) is 9.84 Å². The maximum atomic E-state index is 14.2. The van der Waals surface area contributed by atoms with Crippen LogP contribution >= 0.6 is 0 Å². The van der Waals surface area contributed by atoms with Crippen molar-refractivity contribution in [1.29, 1.82) is 0 Å². The summed E-state index contributed by atoms with van der Waals surface area (Å²) in [5.74, 6) is -1.23. The lowest BCUT2D eigenvalue weighted by Gasteiger charge is -2.20. The fourth-order valence-corrected chi connectivity index (χ4v) is 5.92. The van der Waals surface area contributed by atoms with E-state index in [4.69, 9.17) is 4.74 Å². The zero-order chi connectivity index (χ0) is 26.1. The quantitative estimate of drug-likeness (QED) is 0.305. The molecule has 0 aliphatic rings. The first-order chi connectivity index (χ1) is 17.1. The average Bonchev–Trinajstić information content (AvgIpc) is 3.25. The van der Waals surface area contributed by atoms with Crippen LogP contribution in [0.15, 0.2) is 89.8 Å². The van der Waals surface area contributed by atoms with Gasteiger partial charge in [0.2, 0.25) is 0 Å². The number of aryl methyl sites for hydroxylation is 1. The molecule has 3 aromatic carbocycles. The number of ether oxygens (including phenoxy) is 1. The van der Waals surface area contributed by atoms with E-state index in [0.717, 1.165) is 12.7 Å². The van der Waals surface area contributed by atoms with Crippen LogP contribution in [0.5, 0.6) is 0 Å². The third kappa shape index (κ3) is 4.66. The van der Waals surface area contributed by atoms with Gasteiger partial charge < -0.3 is 9.72 Å². The maximum Gasteiger partial charge on any atom is 0.432 e. The van der Waals surface area contributed by atoms with Crippen LogP contribution in [0.4, 0.5) is 13.2 Å². The van der Waals surface area contributed by atoms with Crippen molar-refractivity contribution in [3.05, 3.63) is 113 Å². The number of nitrogens with one attached hydrogen (secondary N) is 1. The van der Waals surface area contributed by atoms with Crippen molar-refractivity contribution in [3.8, 4) is 11.1 Å². The van der Waals surface area contributed by atoms with E-state index < -0.39 is 38.5 Å². The minimum Gasteiger partial charge on any atom is -0.465 e. The van der Waals surface area contributed by atoms with Crippen LogP contribution in [0.3, 0.4) is 0 Å². The standard InChI is InChI=1S/C27H22F3NO4S/c1-17-13-15-20(16-14-17)36(33,34)24(19-11-7-4-8-12-19)23-21(18-9-5-3-6-10-18)22(26(32)35-2)25(31-23)27(28,29)30/h3-16,24,31H,1-2H3. The summed E-state index contributed by atoms with van der Waals surface area (Å²) < 4.78 is 75.3. The Kier molecular flexibility index (Phi) is 6.77. The number of sulfone groups is 1. The van der Waals surface area contributed by atoms with Gasteiger partial charge in [-0.05, 0) is 30.2 Å². The number of carbonyl (C=O) groups excluding carboxylic acids is 1. The van der Waals surface area contributed by atoms with Crippen molar-refractivity contribution >= 4 is 15.8 Å². The van der Waals surface area contributed by atoms with Crippen molar-refractivity contribution in [2.45, 2.75) is 23.2 Å². The Labute approximate surface area is 206 Å². The molecular weight excluding hydrogens is 491 g/mol. The second-order valence-corrected chi connectivity index (χ2v) is 10.2. The lowest BCUT2D eigenvalue weighted by atomic mass is 9.96. The van der Waals surface area contributed by atoms with E-state index in [0.29, 0.717) is 0 Å². The number of esters is 1. The number of hydrogen-bond donors (Lipinski definition) is 1. The number of aromatic nitrogens is 1. The summed E-state index contributed by atoms with van der Waals surface area (Å²) in [6, 6.07) is 21.9. The first kappa shape index (κ1) is 25.2. The van der Waals surface area contributed by atoms with Crippen molar-refractivity contribution in [2.75, 3.05) is 7.11 Å². The van der Waals surface area contributed by atoms with Gasteiger partial charge >= 0.3 is 12.1 Å². The molecule has 9 heteroatoms. The van der Waals surface area contributed by atoms with E-state index in [1.165, 1.54) is 36.4 Å². The summed E-state index contributed by atoms with van der Waals surface area (Å²) in [7, 11) is -3.31. The topological polar surface area (TPSA) is 76.2 Å². The highest BCUT2D eigenvalue weighted by Gasteiger charge is 2.44. The Balaban J connectivity index is 2.13. The molecule has 36 heavy (non-hydrogen) atoms. The Morgan fingerprint density at radius 3 is 1.97 bits per heavy atom. The molecule has 0 aliphatic heterocycles. The Morgan fingerprint density at radius 2 is 1.44 bits per heavy atom. The Hall–Kier alpha value is -3.85. The molecule has 4 aromatic rings. The third-order valence-corrected chi connectivity index (χ3v) is 7.85. The monoisotopic (exact) mass is 513 g/mol. The van der Waals surface area contributed by atoms with E-state index in [9.17, 15) is 26.4 Å². The number of rotatable bonds is 6. The van der Waals surface area contributed by atoms with Gasteiger partial charge in [0.1, 0.15) is 10.9 Å². The zero-order valence-electron chi connectivity index (χ0n) is 19.3. The minimum absolute atomic E-state index is 0.0660. The first-order valence-electron chi connectivity index (χ1n) is 10.9. The molecule has 5 nitrogen and oxygen atoms in total. The average molecular weight is 514 g/mol.